The summed E-state index contributed by atoms with van der Waals surface area (Å²) in [6.45, 7) is 0. The molecule has 1 atom stereocenters. The molecule has 2 rings (SSSR count). The van der Waals surface area contributed by atoms with Crippen LogP contribution in [0.5, 0.6) is 5.75 Å². The molecule has 1 aromatic rings. The van der Waals surface area contributed by atoms with Gasteiger partial charge in [0.15, 0.2) is 0 Å². The number of nitrogens with zero attached hydrogens (tertiary/aromatic N) is 1. The number of aliphatic imine (C=N–C) groups is 1. The van der Waals surface area contributed by atoms with Crippen LogP contribution in [0.3, 0.4) is 0 Å². The quantitative estimate of drug-likeness (QED) is 0.748. The number of phenols is 1. The molecule has 1 amide bonds. The van der Waals surface area contributed by atoms with Crippen LogP contribution >= 0.6 is 0 Å². The Morgan fingerprint density at radius 2 is 2.07 bits per heavy atom. The molecular weight excluding hydrogens is 192 g/mol. The third kappa shape index (κ3) is 1.98. The molecule has 0 saturated carbocycles. The second kappa shape index (κ2) is 3.73. The Kier molecular flexibility index (Phi) is 2.41. The smallest absolute Gasteiger partial charge is 0.242 e. The highest BCUT2D eigenvalue weighted by molar-refractivity contribution is 6.04. The zero-order valence-corrected chi connectivity index (χ0v) is 8.18. The predicted octanol–water partition coefficient (Wildman–Crippen LogP) is 0.829. The van der Waals surface area contributed by atoms with E-state index in [2.05, 4.69) is 4.99 Å². The third-order valence-electron chi connectivity index (χ3n) is 2.50. The first-order valence-corrected chi connectivity index (χ1v) is 4.82. The molecule has 4 heteroatoms. The highest BCUT2D eigenvalue weighted by atomic mass is 16.3. The van der Waals surface area contributed by atoms with Gasteiger partial charge in [0.1, 0.15) is 11.8 Å². The fourth-order valence-electron chi connectivity index (χ4n) is 1.67. The van der Waals surface area contributed by atoms with E-state index < -0.39 is 0 Å². The number of amides is 1. The first-order chi connectivity index (χ1) is 7.16. The summed E-state index contributed by atoms with van der Waals surface area (Å²) in [7, 11) is 0. The van der Waals surface area contributed by atoms with Crippen LogP contribution in [0.2, 0.25) is 0 Å². The van der Waals surface area contributed by atoms with E-state index in [1.807, 2.05) is 0 Å². The first-order valence-electron chi connectivity index (χ1n) is 4.82. The molecule has 0 radical (unpaired) electrons. The van der Waals surface area contributed by atoms with Crippen molar-refractivity contribution >= 4 is 11.6 Å². The summed E-state index contributed by atoms with van der Waals surface area (Å²) in [6.07, 6.45) is 1.45. The number of benzene rings is 1. The van der Waals surface area contributed by atoms with Crippen molar-refractivity contribution in [2.75, 3.05) is 0 Å². The second-order valence-electron chi connectivity index (χ2n) is 3.58. The Balaban J connectivity index is 2.22. The van der Waals surface area contributed by atoms with Gasteiger partial charge in [0.05, 0.1) is 0 Å². The van der Waals surface area contributed by atoms with Gasteiger partial charge in [-0.15, -0.1) is 0 Å². The average molecular weight is 204 g/mol. The number of hydrogen-bond acceptors (Lipinski definition) is 3. The zero-order valence-electron chi connectivity index (χ0n) is 8.18. The number of nitrogens with two attached hydrogens (primary N) is 1. The Morgan fingerprint density at radius 3 is 2.60 bits per heavy atom. The lowest BCUT2D eigenvalue weighted by Gasteiger charge is -1.99. The minimum absolute atomic E-state index is 0.226. The third-order valence-corrected chi connectivity index (χ3v) is 2.50. The number of primary amides is 1. The molecule has 1 aliphatic rings. The Bertz CT molecular complexity index is 409. The maximum atomic E-state index is 10.9. The molecule has 1 unspecified atom stereocenters. The van der Waals surface area contributed by atoms with E-state index in [-0.39, 0.29) is 17.7 Å². The molecule has 78 valence electrons. The Morgan fingerprint density at radius 1 is 1.40 bits per heavy atom. The van der Waals surface area contributed by atoms with Gasteiger partial charge in [0.25, 0.3) is 0 Å². The van der Waals surface area contributed by atoms with Crippen LogP contribution in [0.25, 0.3) is 0 Å². The molecule has 1 aliphatic heterocycles. The van der Waals surface area contributed by atoms with Crippen molar-refractivity contribution in [3.63, 3.8) is 0 Å². The molecule has 1 heterocycles. The number of carbonyl (C=O) groups excluding carboxylic acids is 1. The number of hydrogen-bond donors (Lipinski definition) is 2. The maximum Gasteiger partial charge on any atom is 0.242 e. The van der Waals surface area contributed by atoms with E-state index in [4.69, 9.17) is 10.8 Å². The lowest BCUT2D eigenvalue weighted by atomic mass is 10.1. The normalized spacial score (nSPS) is 20.0. The van der Waals surface area contributed by atoms with E-state index in [1.54, 1.807) is 24.3 Å². The summed E-state index contributed by atoms with van der Waals surface area (Å²) in [5, 5.41) is 9.13. The van der Waals surface area contributed by atoms with Crippen molar-refractivity contribution in [3.05, 3.63) is 29.8 Å². The van der Waals surface area contributed by atoms with Crippen LogP contribution in [0.1, 0.15) is 18.4 Å². The topological polar surface area (TPSA) is 75.7 Å². The largest absolute Gasteiger partial charge is 0.508 e. The van der Waals surface area contributed by atoms with Crippen molar-refractivity contribution in [1.82, 2.24) is 0 Å². The van der Waals surface area contributed by atoms with Crippen LogP contribution in [0.4, 0.5) is 0 Å². The highest BCUT2D eigenvalue weighted by Crippen LogP contribution is 2.19. The van der Waals surface area contributed by atoms with Gasteiger partial charge in [-0.1, -0.05) is 0 Å². The van der Waals surface area contributed by atoms with E-state index in [0.717, 1.165) is 17.7 Å². The molecule has 15 heavy (non-hydrogen) atoms. The molecule has 0 spiro atoms. The molecule has 1 aromatic carbocycles. The zero-order chi connectivity index (χ0) is 10.8. The fourth-order valence-corrected chi connectivity index (χ4v) is 1.67. The summed E-state index contributed by atoms with van der Waals surface area (Å²) in [6, 6.07) is 6.41. The molecule has 0 saturated heterocycles. The molecule has 0 bridgehead atoms. The molecule has 0 aromatic heterocycles. The fraction of sp³-hybridized carbons (Fsp3) is 0.273. The summed E-state index contributed by atoms with van der Waals surface area (Å²) >= 11 is 0. The van der Waals surface area contributed by atoms with E-state index in [9.17, 15) is 4.79 Å². The van der Waals surface area contributed by atoms with Crippen molar-refractivity contribution in [3.8, 4) is 5.75 Å². The van der Waals surface area contributed by atoms with Crippen LogP contribution in [-0.4, -0.2) is 22.8 Å². The lowest BCUT2D eigenvalue weighted by molar-refractivity contribution is -0.119. The van der Waals surface area contributed by atoms with Gasteiger partial charge in [-0.05, 0) is 42.7 Å². The predicted molar refractivity (Wildman–Crippen MR) is 56.9 cm³/mol. The minimum Gasteiger partial charge on any atom is -0.508 e. The van der Waals surface area contributed by atoms with Gasteiger partial charge in [0.2, 0.25) is 5.91 Å². The van der Waals surface area contributed by atoms with Crippen LogP contribution < -0.4 is 5.73 Å². The first kappa shape index (κ1) is 9.71. The van der Waals surface area contributed by atoms with Gasteiger partial charge < -0.3 is 10.8 Å². The standard InChI is InChI=1S/C11H12N2O2/c12-11(15)10-6-5-9(13-10)7-1-3-8(14)4-2-7/h1-4,10,14H,5-6H2,(H2,12,15). The van der Waals surface area contributed by atoms with Crippen molar-refractivity contribution in [2.24, 2.45) is 10.7 Å². The SMILES string of the molecule is NC(=O)C1CCC(c2ccc(O)cc2)=N1. The summed E-state index contributed by atoms with van der Waals surface area (Å²) in [5.41, 5.74) is 7.01. The molecule has 0 fully saturated rings. The van der Waals surface area contributed by atoms with Crippen molar-refractivity contribution in [1.29, 1.82) is 0 Å². The number of phenolic OH excluding ortho intramolecular Hbond substituents is 1. The number of carbonyl (C=O) groups is 1. The summed E-state index contributed by atoms with van der Waals surface area (Å²) in [5.74, 6) is -0.146. The molecular formula is C11H12N2O2. The number of rotatable bonds is 2. The van der Waals surface area contributed by atoms with Gasteiger partial charge in [-0.25, -0.2) is 0 Å². The van der Waals surface area contributed by atoms with Crippen molar-refractivity contribution < 1.29 is 9.90 Å². The van der Waals surface area contributed by atoms with E-state index >= 15 is 0 Å². The van der Waals surface area contributed by atoms with Crippen molar-refractivity contribution in [2.45, 2.75) is 18.9 Å². The van der Waals surface area contributed by atoms with E-state index in [1.165, 1.54) is 0 Å². The second-order valence-corrected chi connectivity index (χ2v) is 3.58. The van der Waals surface area contributed by atoms with E-state index in [0.29, 0.717) is 6.42 Å². The van der Waals surface area contributed by atoms with Gasteiger partial charge in [-0.3, -0.25) is 9.79 Å². The van der Waals surface area contributed by atoms with Crippen LogP contribution in [-0.2, 0) is 4.79 Å². The lowest BCUT2D eigenvalue weighted by Crippen LogP contribution is -2.24. The van der Waals surface area contributed by atoms with Gasteiger partial charge in [-0.2, -0.15) is 0 Å². The Labute approximate surface area is 87.4 Å². The van der Waals surface area contributed by atoms with Crippen LogP contribution in [0, 0.1) is 0 Å². The Hall–Kier alpha value is -1.84. The minimum atomic E-state index is -0.381. The summed E-state index contributed by atoms with van der Waals surface area (Å²) < 4.78 is 0. The molecule has 3 N–H and O–H groups in total. The number of aromatic hydroxyl groups is 1. The van der Waals surface area contributed by atoms with Gasteiger partial charge >= 0.3 is 0 Å². The van der Waals surface area contributed by atoms with Crippen LogP contribution in [0.15, 0.2) is 29.3 Å². The van der Waals surface area contributed by atoms with Gasteiger partial charge in [0, 0.05) is 5.71 Å². The summed E-state index contributed by atoms with van der Waals surface area (Å²) in [4.78, 5) is 15.2. The monoisotopic (exact) mass is 204 g/mol. The maximum absolute atomic E-state index is 10.9. The molecule has 4 nitrogen and oxygen atoms in total. The highest BCUT2D eigenvalue weighted by Gasteiger charge is 2.22. The average Bonchev–Trinajstić information content (AvgIpc) is 2.68. The molecule has 0 aliphatic carbocycles.